The smallest absolute Gasteiger partial charge is 0.261 e. The van der Waals surface area contributed by atoms with Crippen LogP contribution in [0.3, 0.4) is 0 Å². The van der Waals surface area contributed by atoms with Crippen molar-refractivity contribution < 1.29 is 42.5 Å². The largest absolute Gasteiger partial charge is 0.487 e. The molecule has 0 spiro atoms. The normalized spacial score (nSPS) is 13.4. The number of benzene rings is 6. The SMILES string of the molecule is Cc1ccc(N2CCc3ncc(OCc4ccccc4)cc3C2=O)c(F)c1.Cc1cccc(N2CCc3ncc(OCc4ccccc4)cc3C2=O)n1.O=C1c2cc(OCc3ccccc3)cnc2CCN1c1ccccc1.O=C1c2cc(OCc3ccccc3)cnc2CCN1c1ccccn1. The van der Waals surface area contributed by atoms with Gasteiger partial charge in [0.05, 0.1) is 75.5 Å². The van der Waals surface area contributed by atoms with Crippen LogP contribution in [0.2, 0.25) is 0 Å². The lowest BCUT2D eigenvalue weighted by atomic mass is 10.0. The molecular weight excluding hydrogens is 1300 g/mol. The molecule has 6 aromatic carbocycles. The van der Waals surface area contributed by atoms with Gasteiger partial charge in [-0.3, -0.25) is 48.9 Å². The number of hydrogen-bond donors (Lipinski definition) is 0. The van der Waals surface area contributed by atoms with Crippen LogP contribution in [0.15, 0.2) is 262 Å². The quantitative estimate of drug-likeness (QED) is 0.0886. The van der Waals surface area contributed by atoms with Gasteiger partial charge < -0.3 is 28.7 Å². The summed E-state index contributed by atoms with van der Waals surface area (Å²) in [6, 6.07) is 72.5. The molecule has 0 aliphatic carbocycles. The van der Waals surface area contributed by atoms with Crippen molar-refractivity contribution in [3.8, 4) is 23.0 Å². The number of aryl methyl sites for hydroxylation is 2. The van der Waals surface area contributed by atoms with Crippen molar-refractivity contribution in [1.29, 1.82) is 0 Å². The van der Waals surface area contributed by atoms with Crippen LogP contribution in [0, 0.1) is 19.7 Å². The average Bonchev–Trinajstić information content (AvgIpc) is 0.804. The van der Waals surface area contributed by atoms with Crippen molar-refractivity contribution in [3.05, 3.63) is 346 Å². The molecule has 19 heteroatoms. The van der Waals surface area contributed by atoms with E-state index in [1.54, 1.807) is 76.0 Å². The maximum absolute atomic E-state index is 14.3. The van der Waals surface area contributed by atoms with Gasteiger partial charge in [0, 0.05) is 69.4 Å². The van der Waals surface area contributed by atoms with Gasteiger partial charge in [-0.2, -0.15) is 0 Å². The number of amides is 4. The Bertz CT molecular complexity index is 4780. The second-order valence-corrected chi connectivity index (χ2v) is 24.7. The lowest BCUT2D eigenvalue weighted by molar-refractivity contribution is 0.0970. The third-order valence-electron chi connectivity index (χ3n) is 17.5. The maximum atomic E-state index is 14.3. The first-order valence-electron chi connectivity index (χ1n) is 34.0. The zero-order valence-corrected chi connectivity index (χ0v) is 56.9. The van der Waals surface area contributed by atoms with Gasteiger partial charge in [0.25, 0.3) is 23.6 Å². The first kappa shape index (κ1) is 68.7. The first-order valence-corrected chi connectivity index (χ1v) is 34.0. The number of pyridine rings is 6. The molecule has 4 aliphatic rings. The molecule has 10 heterocycles. The third-order valence-corrected chi connectivity index (χ3v) is 17.5. The summed E-state index contributed by atoms with van der Waals surface area (Å²) in [6.07, 6.45) is 11.1. The maximum Gasteiger partial charge on any atom is 0.261 e. The van der Waals surface area contributed by atoms with Crippen molar-refractivity contribution in [1.82, 2.24) is 29.9 Å². The summed E-state index contributed by atoms with van der Waals surface area (Å²) >= 11 is 0. The Morgan fingerprint density at radius 2 is 0.699 bits per heavy atom. The highest BCUT2D eigenvalue weighted by Gasteiger charge is 2.32. The van der Waals surface area contributed by atoms with Crippen LogP contribution < -0.4 is 38.5 Å². The van der Waals surface area contributed by atoms with E-state index in [9.17, 15) is 23.6 Å². The molecule has 0 saturated carbocycles. The second kappa shape index (κ2) is 32.9. The van der Waals surface area contributed by atoms with Crippen LogP contribution in [-0.4, -0.2) is 79.7 Å². The number of halogens is 1. The zero-order chi connectivity index (χ0) is 70.9. The van der Waals surface area contributed by atoms with Crippen LogP contribution >= 0.6 is 0 Å². The Balaban J connectivity index is 0.000000122. The van der Waals surface area contributed by atoms with E-state index in [2.05, 4.69) is 29.9 Å². The molecule has 0 bridgehead atoms. The minimum Gasteiger partial charge on any atom is -0.487 e. The molecule has 4 amide bonds. The van der Waals surface area contributed by atoms with E-state index in [1.165, 1.54) is 11.0 Å². The van der Waals surface area contributed by atoms with E-state index >= 15 is 0 Å². The molecule has 0 N–H and O–H groups in total. The van der Waals surface area contributed by atoms with E-state index in [1.807, 2.05) is 208 Å². The molecule has 16 rings (SSSR count). The van der Waals surface area contributed by atoms with E-state index in [-0.39, 0.29) is 23.6 Å². The van der Waals surface area contributed by atoms with Gasteiger partial charge in [-0.1, -0.05) is 158 Å². The number of carbonyl (C=O) groups excluding carboxylic acids is 4. The van der Waals surface area contributed by atoms with Gasteiger partial charge in [0.2, 0.25) is 0 Å². The highest BCUT2D eigenvalue weighted by molar-refractivity contribution is 6.10. The fraction of sp³-hybridized carbons (Fsp3) is 0.167. The third kappa shape index (κ3) is 17.3. The topological polar surface area (TPSA) is 196 Å². The number of carbonyl (C=O) groups is 4. The summed E-state index contributed by atoms with van der Waals surface area (Å²) in [5.74, 6) is 2.84. The number of ether oxygens (including phenoxy) is 4. The van der Waals surface area contributed by atoms with Crippen LogP contribution in [-0.2, 0) is 52.1 Å². The molecule has 103 heavy (non-hydrogen) atoms. The molecule has 6 aromatic heterocycles. The number of para-hydroxylation sites is 1. The number of hydrogen-bond acceptors (Lipinski definition) is 14. The van der Waals surface area contributed by atoms with Gasteiger partial charge in [0.15, 0.2) is 0 Å². The summed E-state index contributed by atoms with van der Waals surface area (Å²) in [5, 5.41) is 0. The molecule has 0 saturated heterocycles. The summed E-state index contributed by atoms with van der Waals surface area (Å²) in [4.78, 5) is 84.7. The minimum absolute atomic E-state index is 0.0230. The van der Waals surface area contributed by atoms with E-state index in [0.29, 0.717) is 134 Å². The summed E-state index contributed by atoms with van der Waals surface area (Å²) < 4.78 is 37.5. The molecular formula is C84H73FN10O8. The Morgan fingerprint density at radius 1 is 0.350 bits per heavy atom. The van der Waals surface area contributed by atoms with Gasteiger partial charge >= 0.3 is 0 Å². The van der Waals surface area contributed by atoms with Crippen molar-refractivity contribution in [2.75, 3.05) is 45.8 Å². The summed E-state index contributed by atoms with van der Waals surface area (Å²) in [7, 11) is 0. The zero-order valence-electron chi connectivity index (χ0n) is 56.9. The van der Waals surface area contributed by atoms with Crippen LogP contribution in [0.4, 0.5) is 27.4 Å². The molecule has 0 unspecified atom stereocenters. The molecule has 0 fully saturated rings. The first-order chi connectivity index (χ1) is 50.4. The second-order valence-electron chi connectivity index (χ2n) is 24.7. The van der Waals surface area contributed by atoms with Gasteiger partial charge in [-0.05, 0) is 114 Å². The Hall–Kier alpha value is -12.8. The monoisotopic (exact) mass is 1370 g/mol. The molecule has 0 atom stereocenters. The Morgan fingerprint density at radius 3 is 1.09 bits per heavy atom. The van der Waals surface area contributed by atoms with E-state index in [4.69, 9.17) is 18.9 Å². The summed E-state index contributed by atoms with van der Waals surface area (Å²) in [6.45, 7) is 7.70. The van der Waals surface area contributed by atoms with E-state index in [0.717, 1.165) is 68.4 Å². The van der Waals surface area contributed by atoms with Crippen LogP contribution in [0.5, 0.6) is 23.0 Å². The van der Waals surface area contributed by atoms with Crippen molar-refractivity contribution in [2.45, 2.75) is 66.0 Å². The number of anilines is 4. The fourth-order valence-corrected chi connectivity index (χ4v) is 12.1. The number of nitrogens with zero attached hydrogens (tertiary/aromatic N) is 10. The van der Waals surface area contributed by atoms with E-state index < -0.39 is 5.82 Å². The highest BCUT2D eigenvalue weighted by Crippen LogP contribution is 2.32. The van der Waals surface area contributed by atoms with Crippen LogP contribution in [0.25, 0.3) is 0 Å². The summed E-state index contributed by atoms with van der Waals surface area (Å²) in [5.41, 5.74) is 12.6. The van der Waals surface area contributed by atoms with Crippen molar-refractivity contribution in [2.24, 2.45) is 0 Å². The highest BCUT2D eigenvalue weighted by atomic mass is 19.1. The molecule has 18 nitrogen and oxygen atoms in total. The van der Waals surface area contributed by atoms with Crippen molar-refractivity contribution in [3.63, 3.8) is 0 Å². The molecule has 12 aromatic rings. The predicted molar refractivity (Wildman–Crippen MR) is 392 cm³/mol. The van der Waals surface area contributed by atoms with Gasteiger partial charge in [-0.25, -0.2) is 14.4 Å². The van der Waals surface area contributed by atoms with Gasteiger partial charge in [0.1, 0.15) is 66.9 Å². The molecule has 514 valence electrons. The lowest BCUT2D eigenvalue weighted by Gasteiger charge is -2.28. The standard InChI is InChI=1S/C22H19FN2O2.C21H19N3O2.C21H18N2O2.C20H17N3O2/c1-15-7-8-21(19(23)11-15)25-10-9-20-18(22(25)26)12-17(13-24-20)27-14-16-5-3-2-4-6-16;1-15-6-5-9-20(23-15)24-11-10-19-18(21(24)25)12-17(13-22-19)26-14-16-7-3-2-4-8-16;24-21-19-13-18(25-15-16-7-3-1-4-8-16)14-22-20(19)11-12-23(21)17-9-5-2-6-10-17;24-20-17-12-16(25-14-15-6-2-1-3-7-15)13-22-18(17)9-11-23(20)19-8-4-5-10-21-19/h2-8,11-13H,9-10,14H2,1H3;2-9,12-13H,10-11,14H2,1H3;1-10,13-14H,11-12,15H2;1-8,10,12-13H,9,11,14H2. The minimum atomic E-state index is -0.392. The van der Waals surface area contributed by atoms with Crippen LogP contribution in [0.1, 0.15) is 97.7 Å². The predicted octanol–water partition coefficient (Wildman–Crippen LogP) is 15.0. The molecule has 0 radical (unpaired) electrons. The average molecular weight is 1370 g/mol. The van der Waals surface area contributed by atoms with Crippen molar-refractivity contribution >= 4 is 46.6 Å². The number of aromatic nitrogens is 6. The van der Waals surface area contributed by atoms with Gasteiger partial charge in [-0.15, -0.1) is 0 Å². The fourth-order valence-electron chi connectivity index (χ4n) is 12.1. The number of fused-ring (bicyclic) bond motifs is 4. The Labute approximate surface area is 596 Å². The Kier molecular flexibility index (Phi) is 22.0. The lowest BCUT2D eigenvalue weighted by Crippen LogP contribution is -2.38. The number of rotatable bonds is 16. The molecule has 4 aliphatic heterocycles.